The number of carbonyl (C=O) groups is 1. The zero-order chi connectivity index (χ0) is 17.8. The summed E-state index contributed by atoms with van der Waals surface area (Å²) in [4.78, 5) is 15.3. The van der Waals surface area contributed by atoms with Crippen LogP contribution in [0.4, 0.5) is 4.39 Å². The molecule has 6 heteroatoms. The molecule has 2 aromatic carbocycles. The summed E-state index contributed by atoms with van der Waals surface area (Å²) in [6.07, 6.45) is 2.25. The van der Waals surface area contributed by atoms with E-state index in [1.165, 1.54) is 12.1 Å². The number of fused-ring (bicyclic) bond motifs is 1. The maximum Gasteiger partial charge on any atom is 0.253 e. The van der Waals surface area contributed by atoms with Crippen LogP contribution in [0.1, 0.15) is 15.9 Å². The molecule has 1 heterocycles. The number of methoxy groups -OCH3 is 2. The molecule has 5 nitrogen and oxygen atoms in total. The Morgan fingerprint density at radius 3 is 2.68 bits per heavy atom. The first-order chi connectivity index (χ1) is 12.1. The van der Waals surface area contributed by atoms with Crippen molar-refractivity contribution in [2.45, 2.75) is 6.42 Å². The molecule has 1 aromatic heterocycles. The largest absolute Gasteiger partial charge is 0.493 e. The molecule has 0 saturated heterocycles. The number of rotatable bonds is 6. The molecular formula is C19H19FN2O3. The number of aromatic amines is 1. The van der Waals surface area contributed by atoms with E-state index in [9.17, 15) is 9.18 Å². The average Bonchev–Trinajstić information content (AvgIpc) is 3.04. The third kappa shape index (κ3) is 3.57. The average molecular weight is 342 g/mol. The van der Waals surface area contributed by atoms with Crippen LogP contribution in [-0.2, 0) is 6.42 Å². The van der Waals surface area contributed by atoms with E-state index in [-0.39, 0.29) is 11.7 Å². The summed E-state index contributed by atoms with van der Waals surface area (Å²) >= 11 is 0. The maximum atomic E-state index is 13.2. The molecule has 0 aliphatic carbocycles. The lowest BCUT2D eigenvalue weighted by atomic mass is 10.1. The number of hydrogen-bond donors (Lipinski definition) is 2. The number of nitrogens with one attached hydrogen (secondary N) is 2. The molecule has 1 amide bonds. The number of benzene rings is 2. The van der Waals surface area contributed by atoms with Crippen molar-refractivity contribution >= 4 is 16.8 Å². The van der Waals surface area contributed by atoms with Gasteiger partial charge in [0.25, 0.3) is 5.91 Å². The van der Waals surface area contributed by atoms with Gasteiger partial charge < -0.3 is 19.8 Å². The van der Waals surface area contributed by atoms with Crippen LogP contribution >= 0.6 is 0 Å². The Bertz CT molecular complexity index is 905. The Balaban J connectivity index is 1.64. The second kappa shape index (κ2) is 7.25. The summed E-state index contributed by atoms with van der Waals surface area (Å²) < 4.78 is 23.7. The summed E-state index contributed by atoms with van der Waals surface area (Å²) in [7, 11) is 3.17. The minimum absolute atomic E-state index is 0.196. The van der Waals surface area contributed by atoms with Gasteiger partial charge in [0.15, 0.2) is 11.5 Å². The fourth-order valence-corrected chi connectivity index (χ4v) is 2.74. The van der Waals surface area contributed by atoms with Gasteiger partial charge in [-0.25, -0.2) is 4.39 Å². The van der Waals surface area contributed by atoms with Crippen LogP contribution in [0.5, 0.6) is 11.5 Å². The smallest absolute Gasteiger partial charge is 0.253 e. The van der Waals surface area contributed by atoms with Crippen molar-refractivity contribution in [1.82, 2.24) is 10.3 Å². The summed E-state index contributed by atoms with van der Waals surface area (Å²) in [6, 6.07) is 9.97. The van der Waals surface area contributed by atoms with Gasteiger partial charge in [0.2, 0.25) is 0 Å². The molecule has 0 bridgehead atoms. The molecule has 0 fully saturated rings. The first-order valence-corrected chi connectivity index (χ1v) is 7.88. The molecule has 0 radical (unpaired) electrons. The van der Waals surface area contributed by atoms with Gasteiger partial charge in [-0.15, -0.1) is 0 Å². The molecular weight excluding hydrogens is 323 g/mol. The van der Waals surface area contributed by atoms with Gasteiger partial charge in [-0.2, -0.15) is 0 Å². The first-order valence-electron chi connectivity index (χ1n) is 7.88. The van der Waals surface area contributed by atoms with Gasteiger partial charge in [0.1, 0.15) is 5.82 Å². The third-order valence-electron chi connectivity index (χ3n) is 4.04. The second-order valence-corrected chi connectivity index (χ2v) is 5.59. The molecule has 130 valence electrons. The van der Waals surface area contributed by atoms with Crippen LogP contribution < -0.4 is 14.8 Å². The monoisotopic (exact) mass is 342 g/mol. The fraction of sp³-hybridized carbons (Fsp3) is 0.211. The van der Waals surface area contributed by atoms with Crippen molar-refractivity contribution in [1.29, 1.82) is 0 Å². The number of H-pyrrole nitrogens is 1. The lowest BCUT2D eigenvalue weighted by Gasteiger charge is -2.10. The van der Waals surface area contributed by atoms with Crippen LogP contribution in [0.15, 0.2) is 42.6 Å². The Morgan fingerprint density at radius 1 is 1.12 bits per heavy atom. The van der Waals surface area contributed by atoms with Gasteiger partial charge in [-0.3, -0.25) is 4.79 Å². The van der Waals surface area contributed by atoms with Gasteiger partial charge in [0, 0.05) is 23.6 Å². The number of amides is 1. The van der Waals surface area contributed by atoms with Gasteiger partial charge in [-0.05, 0) is 42.3 Å². The number of aromatic nitrogens is 1. The van der Waals surface area contributed by atoms with E-state index in [2.05, 4.69) is 10.3 Å². The van der Waals surface area contributed by atoms with E-state index in [0.717, 1.165) is 5.56 Å². The molecule has 3 rings (SSSR count). The molecule has 0 saturated carbocycles. The topological polar surface area (TPSA) is 63.3 Å². The third-order valence-corrected chi connectivity index (χ3v) is 4.04. The summed E-state index contributed by atoms with van der Waals surface area (Å²) in [5, 5.41) is 3.58. The Hall–Kier alpha value is -3.02. The zero-order valence-corrected chi connectivity index (χ0v) is 14.1. The zero-order valence-electron chi connectivity index (χ0n) is 14.1. The molecule has 0 spiro atoms. The van der Waals surface area contributed by atoms with Crippen molar-refractivity contribution in [2.24, 2.45) is 0 Å². The molecule has 3 aromatic rings. The van der Waals surface area contributed by atoms with Crippen molar-refractivity contribution in [3.63, 3.8) is 0 Å². The molecule has 0 aliphatic heterocycles. The lowest BCUT2D eigenvalue weighted by molar-refractivity contribution is 0.0956. The van der Waals surface area contributed by atoms with Crippen LogP contribution in [-0.4, -0.2) is 31.7 Å². The van der Waals surface area contributed by atoms with Crippen molar-refractivity contribution < 1.29 is 18.7 Å². The molecule has 0 aliphatic rings. The van der Waals surface area contributed by atoms with Crippen LogP contribution in [0, 0.1) is 5.82 Å². The van der Waals surface area contributed by atoms with Crippen molar-refractivity contribution in [3.8, 4) is 11.5 Å². The SMILES string of the molecule is COc1ccc(CCNC(=O)c2c[nH]c3cc(F)ccc23)cc1OC. The highest BCUT2D eigenvalue weighted by Gasteiger charge is 2.12. The highest BCUT2D eigenvalue weighted by Crippen LogP contribution is 2.27. The number of ether oxygens (including phenoxy) is 2. The minimum atomic E-state index is -0.338. The van der Waals surface area contributed by atoms with Crippen LogP contribution in [0.3, 0.4) is 0 Å². The van der Waals surface area contributed by atoms with E-state index >= 15 is 0 Å². The van der Waals surface area contributed by atoms with Crippen molar-refractivity contribution in [2.75, 3.05) is 20.8 Å². The van der Waals surface area contributed by atoms with Gasteiger partial charge in [0.05, 0.1) is 19.8 Å². The van der Waals surface area contributed by atoms with E-state index in [4.69, 9.17) is 9.47 Å². The maximum absolute atomic E-state index is 13.2. The first kappa shape index (κ1) is 16.8. The molecule has 0 atom stereocenters. The quantitative estimate of drug-likeness (QED) is 0.722. The lowest BCUT2D eigenvalue weighted by Crippen LogP contribution is -2.25. The van der Waals surface area contributed by atoms with Crippen LogP contribution in [0.2, 0.25) is 0 Å². The number of hydrogen-bond acceptors (Lipinski definition) is 3. The van der Waals surface area contributed by atoms with E-state index < -0.39 is 0 Å². The number of carbonyl (C=O) groups excluding carboxylic acids is 1. The Kier molecular flexibility index (Phi) is 4.88. The van der Waals surface area contributed by atoms with Crippen molar-refractivity contribution in [3.05, 3.63) is 59.5 Å². The standard InChI is InChI=1S/C19H19FN2O3/c1-24-17-6-3-12(9-18(17)25-2)7-8-21-19(23)15-11-22-16-10-13(20)4-5-14(15)16/h3-6,9-11,22H,7-8H2,1-2H3,(H,21,23). The predicted molar refractivity (Wildman–Crippen MR) is 93.8 cm³/mol. The summed E-state index contributed by atoms with van der Waals surface area (Å²) in [6.45, 7) is 0.474. The highest BCUT2D eigenvalue weighted by molar-refractivity contribution is 6.06. The van der Waals surface area contributed by atoms with Gasteiger partial charge >= 0.3 is 0 Å². The van der Waals surface area contributed by atoms with Crippen LogP contribution in [0.25, 0.3) is 10.9 Å². The van der Waals surface area contributed by atoms with E-state index in [0.29, 0.717) is 40.9 Å². The normalized spacial score (nSPS) is 10.7. The molecule has 2 N–H and O–H groups in total. The number of halogens is 1. The Morgan fingerprint density at radius 2 is 1.92 bits per heavy atom. The second-order valence-electron chi connectivity index (χ2n) is 5.59. The van der Waals surface area contributed by atoms with Gasteiger partial charge in [-0.1, -0.05) is 6.07 Å². The van der Waals surface area contributed by atoms with E-state index in [1.807, 2.05) is 18.2 Å². The summed E-state index contributed by atoms with van der Waals surface area (Å²) in [5.41, 5.74) is 2.13. The molecule has 0 unspecified atom stereocenters. The Labute approximate surface area is 144 Å². The summed E-state index contributed by atoms with van der Waals surface area (Å²) in [5.74, 6) is 0.791. The minimum Gasteiger partial charge on any atom is -0.493 e. The fourth-order valence-electron chi connectivity index (χ4n) is 2.74. The van der Waals surface area contributed by atoms with E-state index in [1.54, 1.807) is 26.5 Å². The molecule has 25 heavy (non-hydrogen) atoms. The predicted octanol–water partition coefficient (Wildman–Crippen LogP) is 3.30. The highest BCUT2D eigenvalue weighted by atomic mass is 19.1.